The van der Waals surface area contributed by atoms with Crippen LogP contribution in [0.15, 0.2) is 30.5 Å². The molecule has 1 aromatic heterocycles. The zero-order chi connectivity index (χ0) is 22.3. The number of likely N-dealkylation sites (N-methyl/N-ethyl adjacent to an activating group) is 1. The Labute approximate surface area is 176 Å². The van der Waals surface area contributed by atoms with Crippen molar-refractivity contribution in [2.24, 2.45) is 0 Å². The first kappa shape index (κ1) is 23.1. The molecule has 0 radical (unpaired) electrons. The van der Waals surface area contributed by atoms with Gasteiger partial charge in [0.25, 0.3) is 0 Å². The van der Waals surface area contributed by atoms with E-state index < -0.39 is 17.7 Å². The Hall–Kier alpha value is -3.20. The first-order valence-corrected chi connectivity index (χ1v) is 9.42. The molecule has 30 heavy (non-hydrogen) atoms. The molecule has 1 amide bonds. The lowest BCUT2D eigenvalue weighted by molar-refractivity contribution is 0.0221. The van der Waals surface area contributed by atoms with E-state index in [0.717, 1.165) is 11.1 Å². The third-order valence-electron chi connectivity index (χ3n) is 3.95. The Morgan fingerprint density at radius 1 is 1.23 bits per heavy atom. The number of methoxy groups -OCH3 is 1. The van der Waals surface area contributed by atoms with Crippen LogP contribution >= 0.6 is 0 Å². The van der Waals surface area contributed by atoms with Gasteiger partial charge in [0.1, 0.15) is 5.60 Å². The maximum Gasteiger partial charge on any atom is 0.410 e. The van der Waals surface area contributed by atoms with Crippen LogP contribution in [-0.2, 0) is 20.8 Å². The summed E-state index contributed by atoms with van der Waals surface area (Å²) in [4.78, 5) is 33.5. The van der Waals surface area contributed by atoms with Crippen molar-refractivity contribution < 1.29 is 23.8 Å². The number of carbonyl (C=O) groups is 2. The molecular formula is C21H28N4O5. The molecular weight excluding hydrogens is 388 g/mol. The highest BCUT2D eigenvalue weighted by atomic mass is 16.6. The van der Waals surface area contributed by atoms with E-state index in [1.165, 1.54) is 18.2 Å². The number of benzene rings is 1. The van der Waals surface area contributed by atoms with E-state index in [9.17, 15) is 9.59 Å². The minimum Gasteiger partial charge on any atom is -0.464 e. The zero-order valence-corrected chi connectivity index (χ0v) is 18.0. The van der Waals surface area contributed by atoms with Crippen molar-refractivity contribution in [3.05, 3.63) is 41.7 Å². The normalized spacial score (nSPS) is 11.1. The molecule has 0 spiro atoms. The monoisotopic (exact) mass is 416 g/mol. The number of hydrogen-bond acceptors (Lipinski definition) is 8. The first-order valence-electron chi connectivity index (χ1n) is 9.42. The molecule has 0 atom stereocenters. The van der Waals surface area contributed by atoms with Gasteiger partial charge in [-0.05, 0) is 32.4 Å². The standard InChI is InChI=1S/C21H28N4O5/c1-21(2,3)30-20(27)25(4)9-10-29-13-14-7-6-8-15(11-14)16-12-23-18(22)17(24-16)19(26)28-5/h6-8,11-12H,9-10,13H2,1-5H3,(H2,22,23). The Bertz CT molecular complexity index is 895. The van der Waals surface area contributed by atoms with Crippen LogP contribution in [0.2, 0.25) is 0 Å². The number of nitrogens with two attached hydrogens (primary N) is 1. The first-order chi connectivity index (χ1) is 14.1. The molecule has 1 aromatic carbocycles. The molecule has 0 saturated carbocycles. The van der Waals surface area contributed by atoms with Crippen molar-refractivity contribution in [3.8, 4) is 11.3 Å². The molecule has 0 saturated heterocycles. The van der Waals surface area contributed by atoms with Gasteiger partial charge < -0.3 is 24.8 Å². The van der Waals surface area contributed by atoms with E-state index >= 15 is 0 Å². The third-order valence-corrected chi connectivity index (χ3v) is 3.95. The van der Waals surface area contributed by atoms with Gasteiger partial charge in [-0.25, -0.2) is 19.6 Å². The summed E-state index contributed by atoms with van der Waals surface area (Å²) in [6.45, 7) is 6.57. The second-order valence-electron chi connectivity index (χ2n) is 7.64. The van der Waals surface area contributed by atoms with Crippen molar-refractivity contribution in [1.82, 2.24) is 14.9 Å². The lowest BCUT2D eigenvalue weighted by atomic mass is 10.1. The number of nitrogen functional groups attached to an aromatic ring is 1. The molecule has 0 fully saturated rings. The predicted octanol–water partition coefficient (Wildman–Crippen LogP) is 2.90. The minimum absolute atomic E-state index is 0.0131. The second kappa shape index (κ2) is 10.0. The number of amides is 1. The number of carbonyl (C=O) groups excluding carboxylic acids is 2. The molecule has 0 bridgehead atoms. The smallest absolute Gasteiger partial charge is 0.410 e. The number of esters is 1. The Morgan fingerprint density at radius 3 is 2.63 bits per heavy atom. The Balaban J connectivity index is 1.95. The molecule has 0 aliphatic carbocycles. The lowest BCUT2D eigenvalue weighted by Crippen LogP contribution is -2.36. The Kier molecular flexibility index (Phi) is 7.71. The average Bonchev–Trinajstić information content (AvgIpc) is 2.69. The highest BCUT2D eigenvalue weighted by Crippen LogP contribution is 2.20. The fourth-order valence-corrected chi connectivity index (χ4v) is 2.43. The average molecular weight is 416 g/mol. The molecule has 0 aliphatic heterocycles. The molecule has 1 heterocycles. The van der Waals surface area contributed by atoms with Gasteiger partial charge in [0.05, 0.1) is 32.2 Å². The van der Waals surface area contributed by atoms with Gasteiger partial charge in [-0.3, -0.25) is 0 Å². The highest BCUT2D eigenvalue weighted by molar-refractivity contribution is 5.92. The number of hydrogen-bond donors (Lipinski definition) is 1. The molecule has 162 valence electrons. The fraction of sp³-hybridized carbons (Fsp3) is 0.429. The van der Waals surface area contributed by atoms with Gasteiger partial charge in [0.15, 0.2) is 11.5 Å². The van der Waals surface area contributed by atoms with Crippen LogP contribution < -0.4 is 5.73 Å². The second-order valence-corrected chi connectivity index (χ2v) is 7.64. The van der Waals surface area contributed by atoms with Gasteiger partial charge in [-0.1, -0.05) is 18.2 Å². The number of rotatable bonds is 7. The quantitative estimate of drug-likeness (QED) is 0.541. The van der Waals surface area contributed by atoms with Gasteiger partial charge in [0, 0.05) is 19.2 Å². The Morgan fingerprint density at radius 2 is 1.97 bits per heavy atom. The number of aromatic nitrogens is 2. The van der Waals surface area contributed by atoms with E-state index in [-0.39, 0.29) is 11.5 Å². The summed E-state index contributed by atoms with van der Waals surface area (Å²) in [5, 5.41) is 0. The van der Waals surface area contributed by atoms with E-state index in [2.05, 4.69) is 14.7 Å². The van der Waals surface area contributed by atoms with Crippen LogP contribution in [0.3, 0.4) is 0 Å². The summed E-state index contributed by atoms with van der Waals surface area (Å²) in [5.41, 5.74) is 7.31. The zero-order valence-electron chi connectivity index (χ0n) is 18.0. The van der Waals surface area contributed by atoms with Crippen LogP contribution in [0, 0.1) is 0 Å². The van der Waals surface area contributed by atoms with Crippen molar-refractivity contribution in [2.45, 2.75) is 33.0 Å². The molecule has 9 heteroatoms. The highest BCUT2D eigenvalue weighted by Gasteiger charge is 2.19. The minimum atomic E-state index is -0.643. The van der Waals surface area contributed by atoms with E-state index in [1.807, 2.05) is 45.0 Å². The van der Waals surface area contributed by atoms with Crippen LogP contribution in [0.4, 0.5) is 10.6 Å². The molecule has 0 aliphatic rings. The van der Waals surface area contributed by atoms with Crippen molar-refractivity contribution in [2.75, 3.05) is 33.0 Å². The van der Waals surface area contributed by atoms with Crippen LogP contribution in [0.1, 0.15) is 36.8 Å². The predicted molar refractivity (Wildman–Crippen MR) is 112 cm³/mol. The number of nitrogens with zero attached hydrogens (tertiary/aromatic N) is 3. The molecule has 2 N–H and O–H groups in total. The topological polar surface area (TPSA) is 117 Å². The van der Waals surface area contributed by atoms with E-state index in [4.69, 9.17) is 15.2 Å². The molecule has 2 rings (SSSR count). The van der Waals surface area contributed by atoms with Crippen molar-refractivity contribution in [1.29, 1.82) is 0 Å². The van der Waals surface area contributed by atoms with Crippen molar-refractivity contribution in [3.63, 3.8) is 0 Å². The summed E-state index contributed by atoms with van der Waals surface area (Å²) in [6, 6.07) is 7.50. The lowest BCUT2D eigenvalue weighted by Gasteiger charge is -2.24. The van der Waals surface area contributed by atoms with Gasteiger partial charge in [-0.2, -0.15) is 0 Å². The largest absolute Gasteiger partial charge is 0.464 e. The summed E-state index contributed by atoms with van der Waals surface area (Å²) in [5.74, 6) is -0.630. The molecule has 2 aromatic rings. The van der Waals surface area contributed by atoms with Gasteiger partial charge in [0.2, 0.25) is 0 Å². The summed E-state index contributed by atoms with van der Waals surface area (Å²) < 4.78 is 15.7. The van der Waals surface area contributed by atoms with Crippen LogP contribution in [0.25, 0.3) is 11.3 Å². The van der Waals surface area contributed by atoms with E-state index in [0.29, 0.717) is 25.5 Å². The van der Waals surface area contributed by atoms with Crippen LogP contribution in [0.5, 0.6) is 0 Å². The molecule has 9 nitrogen and oxygen atoms in total. The third kappa shape index (κ3) is 6.70. The maximum atomic E-state index is 11.9. The maximum absolute atomic E-state index is 11.9. The number of anilines is 1. The van der Waals surface area contributed by atoms with Crippen molar-refractivity contribution >= 4 is 17.9 Å². The molecule has 0 unspecified atom stereocenters. The fourth-order valence-electron chi connectivity index (χ4n) is 2.43. The summed E-state index contributed by atoms with van der Waals surface area (Å²) in [6.07, 6.45) is 1.11. The SMILES string of the molecule is COC(=O)c1nc(-c2cccc(COCCN(C)C(=O)OC(C)(C)C)c2)cnc1N. The summed E-state index contributed by atoms with van der Waals surface area (Å²) >= 11 is 0. The van der Waals surface area contributed by atoms with Gasteiger partial charge in [-0.15, -0.1) is 0 Å². The van der Waals surface area contributed by atoms with E-state index in [1.54, 1.807) is 7.05 Å². The van der Waals surface area contributed by atoms with Gasteiger partial charge >= 0.3 is 12.1 Å². The summed E-state index contributed by atoms with van der Waals surface area (Å²) in [7, 11) is 2.92. The van der Waals surface area contributed by atoms with Crippen LogP contribution in [-0.4, -0.2) is 59.8 Å². The number of ether oxygens (including phenoxy) is 3.